The third kappa shape index (κ3) is 3.73. The van der Waals surface area contributed by atoms with Crippen molar-refractivity contribution in [3.8, 4) is 5.75 Å². The van der Waals surface area contributed by atoms with E-state index in [-0.39, 0.29) is 11.9 Å². The van der Waals surface area contributed by atoms with E-state index in [0.29, 0.717) is 17.2 Å². The minimum Gasteiger partial charge on any atom is -0.496 e. The van der Waals surface area contributed by atoms with Gasteiger partial charge in [0.2, 0.25) is 0 Å². The van der Waals surface area contributed by atoms with Crippen LogP contribution in [0.15, 0.2) is 24.3 Å². The van der Waals surface area contributed by atoms with Gasteiger partial charge in [-0.05, 0) is 25.0 Å². The van der Waals surface area contributed by atoms with Gasteiger partial charge in [-0.1, -0.05) is 35.0 Å². The van der Waals surface area contributed by atoms with Crippen LogP contribution < -0.4 is 10.1 Å². The number of benzene rings is 1. The number of methoxy groups -OCH3 is 1. The fourth-order valence-corrected chi connectivity index (χ4v) is 1.95. The minimum atomic E-state index is -0.0947. The second-order valence-corrected chi connectivity index (χ2v) is 4.74. The van der Waals surface area contributed by atoms with Gasteiger partial charge in [0, 0.05) is 11.4 Å². The molecule has 0 aromatic heterocycles. The first-order valence-electron chi connectivity index (χ1n) is 5.60. The molecule has 94 valence electrons. The molecule has 0 aliphatic heterocycles. The summed E-state index contributed by atoms with van der Waals surface area (Å²) in [6.45, 7) is 4.08. The highest BCUT2D eigenvalue weighted by Crippen LogP contribution is 2.17. The third-order valence-corrected chi connectivity index (χ3v) is 3.83. The van der Waals surface area contributed by atoms with Crippen molar-refractivity contribution in [2.75, 3.05) is 12.4 Å². The monoisotopic (exact) mass is 299 g/mol. The normalized spacial score (nSPS) is 13.9. The molecule has 0 radical (unpaired) electrons. The molecule has 2 atom stereocenters. The maximum atomic E-state index is 12.0. The van der Waals surface area contributed by atoms with E-state index in [1.54, 1.807) is 19.2 Å². The Hall–Kier alpha value is -1.03. The average molecular weight is 300 g/mol. The molecule has 4 heteroatoms. The molecule has 3 nitrogen and oxygen atoms in total. The zero-order valence-electron chi connectivity index (χ0n) is 10.4. The summed E-state index contributed by atoms with van der Waals surface area (Å²) >= 11 is 3.41. The summed E-state index contributed by atoms with van der Waals surface area (Å²) in [5, 5.41) is 3.83. The number of carbonyl (C=O) groups excluding carboxylic acids is 1. The van der Waals surface area contributed by atoms with Crippen LogP contribution in [0, 0.1) is 5.92 Å². The highest BCUT2D eigenvalue weighted by atomic mass is 79.9. The largest absolute Gasteiger partial charge is 0.496 e. The van der Waals surface area contributed by atoms with Crippen LogP contribution >= 0.6 is 15.9 Å². The summed E-state index contributed by atoms with van der Waals surface area (Å²) in [5.74, 6) is 0.889. The van der Waals surface area contributed by atoms with Gasteiger partial charge in [-0.3, -0.25) is 4.79 Å². The summed E-state index contributed by atoms with van der Waals surface area (Å²) in [6, 6.07) is 7.34. The fraction of sp³-hybridized carbons (Fsp3) is 0.462. The predicted octanol–water partition coefficient (Wildman–Crippen LogP) is 2.84. The number of carbonyl (C=O) groups is 1. The van der Waals surface area contributed by atoms with Crippen molar-refractivity contribution < 1.29 is 9.53 Å². The van der Waals surface area contributed by atoms with E-state index in [2.05, 4.69) is 28.2 Å². The Morgan fingerprint density at radius 2 is 2.06 bits per heavy atom. The number of hydrogen-bond donors (Lipinski definition) is 1. The topological polar surface area (TPSA) is 38.3 Å². The van der Waals surface area contributed by atoms with E-state index in [4.69, 9.17) is 4.74 Å². The van der Waals surface area contributed by atoms with Crippen LogP contribution in [0.3, 0.4) is 0 Å². The molecular formula is C13H18BrNO2. The smallest absolute Gasteiger partial charge is 0.255 e. The number of halogens is 1. The number of nitrogens with one attached hydrogen (secondary N) is 1. The summed E-state index contributed by atoms with van der Waals surface area (Å²) in [5.41, 5.74) is 0.573. The molecule has 1 aromatic rings. The molecule has 1 aromatic carbocycles. The lowest BCUT2D eigenvalue weighted by Gasteiger charge is -2.19. The van der Waals surface area contributed by atoms with E-state index in [9.17, 15) is 4.79 Å². The molecule has 1 rings (SSSR count). The lowest BCUT2D eigenvalue weighted by atomic mass is 10.1. The van der Waals surface area contributed by atoms with E-state index in [0.717, 1.165) is 5.33 Å². The number of para-hydroxylation sites is 1. The van der Waals surface area contributed by atoms with Crippen LogP contribution in [0.2, 0.25) is 0 Å². The molecule has 0 fully saturated rings. The van der Waals surface area contributed by atoms with Crippen molar-refractivity contribution in [3.63, 3.8) is 0 Å². The molecule has 0 aliphatic rings. The average Bonchev–Trinajstić information content (AvgIpc) is 2.37. The maximum absolute atomic E-state index is 12.0. The summed E-state index contributed by atoms with van der Waals surface area (Å²) in [7, 11) is 1.57. The SMILES string of the molecule is COc1ccccc1C(=O)NC(C)C(C)CBr. The molecule has 0 saturated carbocycles. The van der Waals surface area contributed by atoms with Crippen molar-refractivity contribution in [1.29, 1.82) is 0 Å². The van der Waals surface area contributed by atoms with Gasteiger partial charge in [0.1, 0.15) is 5.75 Å². The van der Waals surface area contributed by atoms with Gasteiger partial charge < -0.3 is 10.1 Å². The van der Waals surface area contributed by atoms with Crippen LogP contribution in [0.5, 0.6) is 5.75 Å². The van der Waals surface area contributed by atoms with Crippen LogP contribution in [0.25, 0.3) is 0 Å². The molecule has 0 saturated heterocycles. The Morgan fingerprint density at radius 3 is 2.65 bits per heavy atom. The van der Waals surface area contributed by atoms with Gasteiger partial charge in [0.05, 0.1) is 12.7 Å². The zero-order chi connectivity index (χ0) is 12.8. The second-order valence-electron chi connectivity index (χ2n) is 4.09. The van der Waals surface area contributed by atoms with Gasteiger partial charge in [-0.2, -0.15) is 0 Å². The summed E-state index contributed by atoms with van der Waals surface area (Å²) in [6.07, 6.45) is 0. The van der Waals surface area contributed by atoms with Gasteiger partial charge >= 0.3 is 0 Å². The Kier molecular flexibility index (Phi) is 5.48. The number of ether oxygens (including phenoxy) is 1. The van der Waals surface area contributed by atoms with E-state index < -0.39 is 0 Å². The number of amides is 1. The van der Waals surface area contributed by atoms with Crippen molar-refractivity contribution in [2.24, 2.45) is 5.92 Å². The van der Waals surface area contributed by atoms with E-state index in [1.165, 1.54) is 0 Å². The zero-order valence-corrected chi connectivity index (χ0v) is 12.0. The van der Waals surface area contributed by atoms with E-state index >= 15 is 0 Å². The maximum Gasteiger partial charge on any atom is 0.255 e. The Labute approximate surface area is 111 Å². The van der Waals surface area contributed by atoms with Crippen LogP contribution in [0.1, 0.15) is 24.2 Å². The first-order chi connectivity index (χ1) is 8.10. The predicted molar refractivity (Wildman–Crippen MR) is 72.9 cm³/mol. The molecule has 0 bridgehead atoms. The summed E-state index contributed by atoms with van der Waals surface area (Å²) < 4.78 is 5.16. The standard InChI is InChI=1S/C13H18BrNO2/c1-9(8-14)10(2)15-13(16)11-6-4-5-7-12(11)17-3/h4-7,9-10H,8H2,1-3H3,(H,15,16). The lowest BCUT2D eigenvalue weighted by Crippen LogP contribution is -2.37. The van der Waals surface area contributed by atoms with Gasteiger partial charge in [-0.25, -0.2) is 0 Å². The molecular weight excluding hydrogens is 282 g/mol. The molecule has 0 spiro atoms. The van der Waals surface area contributed by atoms with Gasteiger partial charge in [0.15, 0.2) is 0 Å². The van der Waals surface area contributed by atoms with Crippen LogP contribution in [-0.2, 0) is 0 Å². The number of hydrogen-bond acceptors (Lipinski definition) is 2. The minimum absolute atomic E-state index is 0.0947. The number of rotatable bonds is 5. The Balaban J connectivity index is 2.76. The molecule has 2 unspecified atom stereocenters. The van der Waals surface area contributed by atoms with E-state index in [1.807, 2.05) is 19.1 Å². The number of alkyl halides is 1. The lowest BCUT2D eigenvalue weighted by molar-refractivity contribution is 0.0928. The highest BCUT2D eigenvalue weighted by molar-refractivity contribution is 9.09. The first-order valence-corrected chi connectivity index (χ1v) is 6.72. The second kappa shape index (κ2) is 6.64. The molecule has 0 aliphatic carbocycles. The van der Waals surface area contributed by atoms with Crippen molar-refractivity contribution in [2.45, 2.75) is 19.9 Å². The van der Waals surface area contributed by atoms with Crippen LogP contribution in [0.4, 0.5) is 0 Å². The van der Waals surface area contributed by atoms with Crippen molar-refractivity contribution in [1.82, 2.24) is 5.32 Å². The molecule has 1 amide bonds. The summed E-state index contributed by atoms with van der Waals surface area (Å²) in [4.78, 5) is 12.0. The molecule has 1 N–H and O–H groups in total. The highest BCUT2D eigenvalue weighted by Gasteiger charge is 2.17. The Bertz CT molecular complexity index is 381. The molecule has 0 heterocycles. The fourth-order valence-electron chi connectivity index (χ4n) is 1.39. The van der Waals surface area contributed by atoms with Crippen LogP contribution in [-0.4, -0.2) is 24.4 Å². The first kappa shape index (κ1) is 14.0. The third-order valence-electron chi connectivity index (χ3n) is 2.81. The molecule has 17 heavy (non-hydrogen) atoms. The Morgan fingerprint density at radius 1 is 1.41 bits per heavy atom. The van der Waals surface area contributed by atoms with Crippen molar-refractivity contribution in [3.05, 3.63) is 29.8 Å². The van der Waals surface area contributed by atoms with Crippen molar-refractivity contribution >= 4 is 21.8 Å². The van der Waals surface area contributed by atoms with Gasteiger partial charge in [-0.15, -0.1) is 0 Å². The quantitative estimate of drug-likeness (QED) is 0.849. The van der Waals surface area contributed by atoms with Gasteiger partial charge in [0.25, 0.3) is 5.91 Å².